The van der Waals surface area contributed by atoms with Crippen LogP contribution in [-0.2, 0) is 0 Å². The first-order valence-electron chi connectivity index (χ1n) is 25.6. The van der Waals surface area contributed by atoms with Crippen LogP contribution < -0.4 is 61.9 Å². The van der Waals surface area contributed by atoms with Gasteiger partial charge in [-0.25, -0.2) is 0 Å². The average molecular weight is 941 g/mol. The molecule has 0 radical (unpaired) electrons. The fourth-order valence-electron chi connectivity index (χ4n) is 14.0. The van der Waals surface area contributed by atoms with E-state index in [1.165, 1.54) is 44.0 Å². The van der Waals surface area contributed by atoms with Gasteiger partial charge in [0.2, 0.25) is 0 Å². The summed E-state index contributed by atoms with van der Waals surface area (Å²) in [4.78, 5) is 10.00. The molecule has 12 aromatic rings. The first-order chi connectivity index (χ1) is 36.8. The van der Waals surface area contributed by atoms with Crippen LogP contribution in [0.2, 0.25) is 0 Å². The summed E-state index contributed by atoms with van der Waals surface area (Å²) >= 11 is 0. The third-order valence-corrected chi connectivity index (χ3v) is 16.6. The molecule has 6 nitrogen and oxygen atoms in total. The van der Waals surface area contributed by atoms with E-state index in [2.05, 4.69) is 250 Å². The second-order valence-electron chi connectivity index (χ2n) is 20.3. The molecule has 6 heterocycles. The third kappa shape index (κ3) is 4.83. The van der Waals surface area contributed by atoms with Gasteiger partial charge >= 0.3 is 0 Å². The standard InChI is InChI=1S/C66H38B2N4O2/c1-5-21-41(22-6-1)69-49-31-17-33-51-57(49)67-59-53(35-39-19-13-15-29-45(39)63(59)69)73-55-37-48-47(65(61(55)67)71(51)43-25-9-3-10-26-43)38-56-62-66(48)72(44-27-11-4-12-28-44)52-34-18-32-50-58(52)68(62)60-54(74-56)36-40-20-14-16-30-46(40)64(60)70(50)42-23-7-2-8-24-42/h1-38H. The highest BCUT2D eigenvalue weighted by molar-refractivity contribution is 7.03. The second-order valence-corrected chi connectivity index (χ2v) is 20.3. The molecule has 8 heteroatoms. The van der Waals surface area contributed by atoms with Crippen molar-refractivity contribution in [1.82, 2.24) is 0 Å². The van der Waals surface area contributed by atoms with E-state index in [0.29, 0.717) is 0 Å². The Morgan fingerprint density at radius 1 is 0.243 bits per heavy atom. The molecule has 0 aromatic heterocycles. The van der Waals surface area contributed by atoms with Gasteiger partial charge in [-0.3, -0.25) is 0 Å². The van der Waals surface area contributed by atoms with Crippen LogP contribution in [-0.4, -0.2) is 13.4 Å². The SMILES string of the molecule is c1ccc(N2c3cccc4c3B3c5c(cc6ccccc6c52)Oc2cc5c6c7c(cc5c(c23)N4c2ccccc2)Oc2cc3ccccc3c3c2B7c2c(cccc2N6c2ccccc2)N3c2ccccc2)cc1. The molecule has 0 atom stereocenters. The first-order valence-corrected chi connectivity index (χ1v) is 25.6. The van der Waals surface area contributed by atoms with E-state index in [1.54, 1.807) is 0 Å². The summed E-state index contributed by atoms with van der Waals surface area (Å²) in [6.07, 6.45) is 0. The number of rotatable bonds is 4. The molecule has 0 saturated carbocycles. The fourth-order valence-corrected chi connectivity index (χ4v) is 14.0. The Balaban J connectivity index is 1.00. The number of ether oxygens (including phenoxy) is 2. The van der Waals surface area contributed by atoms with Crippen molar-refractivity contribution >= 4 is 147 Å². The molecule has 0 fully saturated rings. The van der Waals surface area contributed by atoms with Crippen molar-refractivity contribution in [3.05, 3.63) is 231 Å². The minimum atomic E-state index is -0.127. The van der Waals surface area contributed by atoms with Gasteiger partial charge in [-0.2, -0.15) is 0 Å². The van der Waals surface area contributed by atoms with Crippen molar-refractivity contribution in [2.24, 2.45) is 0 Å². The Kier molecular flexibility index (Phi) is 7.41. The molecule has 6 aliphatic rings. The van der Waals surface area contributed by atoms with Gasteiger partial charge in [-0.1, -0.05) is 133 Å². The number of nitrogens with zero attached hydrogens (tertiary/aromatic N) is 4. The summed E-state index contributed by atoms with van der Waals surface area (Å²) in [5, 5.41) is 6.87. The molecular formula is C66H38B2N4O2. The van der Waals surface area contributed by atoms with Gasteiger partial charge < -0.3 is 29.1 Å². The summed E-state index contributed by atoms with van der Waals surface area (Å²) in [7, 11) is 0. The number of hydrogen-bond acceptors (Lipinski definition) is 6. The lowest BCUT2D eigenvalue weighted by atomic mass is 9.31. The number of para-hydroxylation sites is 4. The topological polar surface area (TPSA) is 31.4 Å². The van der Waals surface area contributed by atoms with Crippen LogP contribution in [0.5, 0.6) is 23.0 Å². The molecule has 0 unspecified atom stereocenters. The molecule has 0 spiro atoms. The van der Waals surface area contributed by atoms with Crippen molar-refractivity contribution in [1.29, 1.82) is 0 Å². The molecule has 12 aromatic carbocycles. The van der Waals surface area contributed by atoms with Gasteiger partial charge in [0.1, 0.15) is 23.0 Å². The molecule has 0 bridgehead atoms. The zero-order valence-corrected chi connectivity index (χ0v) is 39.7. The number of hydrogen-bond donors (Lipinski definition) is 0. The maximum Gasteiger partial charge on any atom is 0.261 e. The van der Waals surface area contributed by atoms with Crippen LogP contribution in [0.3, 0.4) is 0 Å². The average Bonchev–Trinajstić information content (AvgIpc) is 3.62. The van der Waals surface area contributed by atoms with Crippen molar-refractivity contribution in [3.63, 3.8) is 0 Å². The van der Waals surface area contributed by atoms with Crippen LogP contribution in [0.15, 0.2) is 231 Å². The van der Waals surface area contributed by atoms with Crippen LogP contribution >= 0.6 is 0 Å². The Morgan fingerprint density at radius 2 is 0.527 bits per heavy atom. The van der Waals surface area contributed by atoms with Crippen molar-refractivity contribution in [2.45, 2.75) is 0 Å². The zero-order valence-electron chi connectivity index (χ0n) is 39.7. The van der Waals surface area contributed by atoms with Crippen LogP contribution in [0, 0.1) is 0 Å². The summed E-state index contributed by atoms with van der Waals surface area (Å²) in [5.74, 6) is 3.51. The predicted octanol–water partition coefficient (Wildman–Crippen LogP) is 13.5. The Morgan fingerprint density at radius 3 is 0.865 bits per heavy atom. The molecule has 0 aliphatic carbocycles. The van der Waals surface area contributed by atoms with E-state index in [-0.39, 0.29) is 13.4 Å². The Labute approximate surface area is 427 Å². The first kappa shape index (κ1) is 39.0. The van der Waals surface area contributed by atoms with Crippen molar-refractivity contribution in [3.8, 4) is 23.0 Å². The van der Waals surface area contributed by atoms with Gasteiger partial charge in [-0.05, 0) is 141 Å². The van der Waals surface area contributed by atoms with E-state index in [4.69, 9.17) is 9.47 Å². The Bertz CT molecular complexity index is 4190. The van der Waals surface area contributed by atoms with Crippen LogP contribution in [0.25, 0.3) is 32.3 Å². The molecule has 74 heavy (non-hydrogen) atoms. The van der Waals surface area contributed by atoms with E-state index >= 15 is 0 Å². The van der Waals surface area contributed by atoms with Crippen LogP contribution in [0.1, 0.15) is 0 Å². The minimum Gasteiger partial charge on any atom is -0.458 e. The van der Waals surface area contributed by atoms with E-state index in [0.717, 1.165) is 112 Å². The third-order valence-electron chi connectivity index (χ3n) is 16.6. The highest BCUT2D eigenvalue weighted by Crippen LogP contribution is 2.56. The maximum atomic E-state index is 7.62. The molecule has 0 saturated heterocycles. The van der Waals surface area contributed by atoms with Crippen LogP contribution in [0.4, 0.5) is 68.2 Å². The maximum absolute atomic E-state index is 7.62. The number of fused-ring (bicyclic) bond motifs is 7. The van der Waals surface area contributed by atoms with E-state index in [9.17, 15) is 0 Å². The van der Waals surface area contributed by atoms with E-state index < -0.39 is 0 Å². The lowest BCUT2D eigenvalue weighted by Gasteiger charge is -2.48. The van der Waals surface area contributed by atoms with Crippen molar-refractivity contribution in [2.75, 3.05) is 19.6 Å². The normalized spacial score (nSPS) is 14.3. The molecule has 0 N–H and O–H groups in total. The van der Waals surface area contributed by atoms with Gasteiger partial charge in [0.25, 0.3) is 13.4 Å². The Hall–Kier alpha value is -9.65. The minimum absolute atomic E-state index is 0.127. The molecule has 6 aliphatic heterocycles. The summed E-state index contributed by atoms with van der Waals surface area (Å²) in [6.45, 7) is -0.254. The summed E-state index contributed by atoms with van der Waals surface area (Å²) in [5.41, 5.74) is 20.8. The van der Waals surface area contributed by atoms with Gasteiger partial charge in [0.05, 0.1) is 22.7 Å². The lowest BCUT2D eigenvalue weighted by Crippen LogP contribution is -2.64. The second kappa shape index (κ2) is 14.1. The number of benzene rings is 12. The van der Waals surface area contributed by atoms with Crippen molar-refractivity contribution < 1.29 is 9.47 Å². The number of anilines is 12. The quantitative estimate of drug-likeness (QED) is 0.163. The molecule has 18 rings (SSSR count). The highest BCUT2D eigenvalue weighted by atomic mass is 16.5. The zero-order chi connectivity index (χ0) is 47.9. The predicted molar refractivity (Wildman–Crippen MR) is 307 cm³/mol. The lowest BCUT2D eigenvalue weighted by molar-refractivity contribution is 0.487. The van der Waals surface area contributed by atoms with E-state index in [1.807, 2.05) is 0 Å². The molecular weight excluding hydrogens is 902 g/mol. The van der Waals surface area contributed by atoms with Gasteiger partial charge in [0, 0.05) is 67.0 Å². The summed E-state index contributed by atoms with van der Waals surface area (Å²) < 4.78 is 15.2. The fraction of sp³-hybridized carbons (Fsp3) is 0. The highest BCUT2D eigenvalue weighted by Gasteiger charge is 2.53. The van der Waals surface area contributed by atoms with Gasteiger partial charge in [-0.15, -0.1) is 0 Å². The monoisotopic (exact) mass is 940 g/mol. The molecule has 0 amide bonds. The van der Waals surface area contributed by atoms with Gasteiger partial charge in [0.15, 0.2) is 0 Å². The smallest absolute Gasteiger partial charge is 0.261 e. The largest absolute Gasteiger partial charge is 0.458 e. The molecule has 340 valence electrons. The summed E-state index contributed by atoms with van der Waals surface area (Å²) in [6, 6.07) is 84.2.